The van der Waals surface area contributed by atoms with Gasteiger partial charge < -0.3 is 46.6 Å². The molecule has 2 amide bonds. The summed E-state index contributed by atoms with van der Waals surface area (Å²) in [5.74, 6) is 3.33. The first-order valence-electron chi connectivity index (χ1n) is 18.6. The molecule has 60 heavy (non-hydrogen) atoms. The number of anilines is 2. The molecule has 0 atom stereocenters. The number of ketones is 1. The van der Waals surface area contributed by atoms with E-state index in [0.717, 1.165) is 36.8 Å². The van der Waals surface area contributed by atoms with Gasteiger partial charge in [-0.1, -0.05) is 42.5 Å². The summed E-state index contributed by atoms with van der Waals surface area (Å²) in [6, 6.07) is 41.4. The molecule has 4 aromatic carbocycles. The summed E-state index contributed by atoms with van der Waals surface area (Å²) in [7, 11) is 0. The Kier molecular flexibility index (Phi) is 13.9. The zero-order chi connectivity index (χ0) is 40.0. The van der Waals surface area contributed by atoms with Gasteiger partial charge in [0.25, 0.3) is 0 Å². The average molecular weight is 875 g/mol. The molecule has 2 fully saturated rings. The van der Waals surface area contributed by atoms with Crippen LogP contribution >= 0.6 is 0 Å². The topological polar surface area (TPSA) is 162 Å². The van der Waals surface area contributed by atoms with Crippen LogP contribution in [0.4, 0.5) is 11.6 Å². The zero-order valence-electron chi connectivity index (χ0n) is 32.2. The van der Waals surface area contributed by atoms with E-state index < -0.39 is 10.8 Å². The Balaban J connectivity index is 0.000000174. The van der Waals surface area contributed by atoms with Gasteiger partial charge in [-0.3, -0.25) is 14.4 Å². The average Bonchev–Trinajstić information content (AvgIpc) is 4.18. The Labute approximate surface area is 373 Å². The molecule has 2 saturated carbocycles. The second-order valence-electron chi connectivity index (χ2n) is 14.0. The molecule has 0 saturated heterocycles. The van der Waals surface area contributed by atoms with E-state index in [4.69, 9.17) is 24.2 Å². The van der Waals surface area contributed by atoms with Crippen LogP contribution in [0, 0.1) is 17.4 Å². The molecule has 2 aliphatic carbocycles. The van der Waals surface area contributed by atoms with Gasteiger partial charge in [0.15, 0.2) is 28.8 Å². The number of nitrogens with zero attached hydrogens (tertiary/aromatic N) is 3. The summed E-state index contributed by atoms with van der Waals surface area (Å²) in [5.41, 5.74) is 2.28. The van der Waals surface area contributed by atoms with Gasteiger partial charge in [0.2, 0.25) is 25.4 Å². The van der Waals surface area contributed by atoms with Crippen LogP contribution in [0.1, 0.15) is 58.3 Å². The summed E-state index contributed by atoms with van der Waals surface area (Å²) in [4.78, 5) is 46.4. The van der Waals surface area contributed by atoms with E-state index >= 15 is 0 Å². The summed E-state index contributed by atoms with van der Waals surface area (Å²) in [6.45, 7) is 0.420. The van der Waals surface area contributed by atoms with Crippen molar-refractivity contribution in [3.63, 3.8) is 0 Å². The molecule has 296 valence electrons. The molecular weight excluding hydrogens is 839 g/mol. The molecule has 2 aliphatic heterocycles. The van der Waals surface area contributed by atoms with Gasteiger partial charge in [0.05, 0.1) is 16.4 Å². The third-order valence-electron chi connectivity index (χ3n) is 10.3. The van der Waals surface area contributed by atoms with Crippen molar-refractivity contribution in [2.45, 2.75) is 36.5 Å². The van der Waals surface area contributed by atoms with Crippen LogP contribution in [0.5, 0.6) is 23.0 Å². The van der Waals surface area contributed by atoms with Gasteiger partial charge in [-0.15, -0.1) is 0 Å². The van der Waals surface area contributed by atoms with Crippen molar-refractivity contribution in [2.24, 2.45) is 0 Å². The second-order valence-corrected chi connectivity index (χ2v) is 14.0. The predicted molar refractivity (Wildman–Crippen MR) is 218 cm³/mol. The minimum Gasteiger partial charge on any atom is -1.00 e. The number of carbonyl (C=O) groups excluding carboxylic acids is 3. The van der Waals surface area contributed by atoms with Crippen molar-refractivity contribution in [3.05, 3.63) is 168 Å². The van der Waals surface area contributed by atoms with Gasteiger partial charge in [-0.25, -0.2) is 9.97 Å². The number of ether oxygens (including phenoxy) is 4. The fourth-order valence-corrected chi connectivity index (χ4v) is 6.64. The number of nitrogens with one attached hydrogen (secondary N) is 2. The smallest absolute Gasteiger partial charge is 1.00 e. The van der Waals surface area contributed by atoms with E-state index in [1.165, 1.54) is 12.4 Å². The van der Waals surface area contributed by atoms with Crippen LogP contribution in [0.2, 0.25) is 0 Å². The van der Waals surface area contributed by atoms with E-state index in [-0.39, 0.29) is 71.2 Å². The van der Waals surface area contributed by atoms with Crippen LogP contribution in [-0.2, 0) is 20.4 Å². The van der Waals surface area contributed by atoms with Crippen LogP contribution in [-0.4, -0.2) is 64.2 Å². The molecule has 10 rings (SSSR count). The number of halogens is 1. The number of carbonyl (C=O) groups is 3. The number of benzene rings is 4. The number of aromatic nitrogens is 2. The van der Waals surface area contributed by atoms with Crippen LogP contribution < -0.4 is 46.6 Å². The largest absolute Gasteiger partial charge is 2.00 e. The zero-order valence-corrected chi connectivity index (χ0v) is 35.2. The number of nitriles is 1. The SMILES string of the molecule is N#Cc1ccc(NC(=O)C2(c3ccc4c(c3)OCO4)CC2)nc1.O=C(c1ccccc1)c1ccc(NC(=O)C2(c3ccc4c(c3)OCO4)CC2)nc1.[Br-].[Mg+2].[c-]1ccccc1. The van der Waals surface area contributed by atoms with E-state index in [1.807, 2.05) is 91.0 Å². The second kappa shape index (κ2) is 19.2. The van der Waals surface area contributed by atoms with Gasteiger partial charge in [-0.05, 0) is 85.3 Å². The molecule has 2 aromatic heterocycles. The summed E-state index contributed by atoms with van der Waals surface area (Å²) in [6.07, 6.45) is 6.04. The Morgan fingerprint density at radius 2 is 1.10 bits per heavy atom. The monoisotopic (exact) mass is 873 g/mol. The molecule has 0 bridgehead atoms. The number of fused-ring (bicyclic) bond motifs is 2. The van der Waals surface area contributed by atoms with Gasteiger partial charge >= 0.3 is 23.1 Å². The minimum atomic E-state index is -0.568. The Bertz CT molecular complexity index is 2470. The number of hydrogen-bond acceptors (Lipinski definition) is 10. The maximum absolute atomic E-state index is 12.9. The fraction of sp³-hybridized carbons (Fsp3) is 0.174. The van der Waals surface area contributed by atoms with Crippen molar-refractivity contribution in [1.82, 2.24) is 9.97 Å². The molecule has 2 N–H and O–H groups in total. The minimum absolute atomic E-state index is 0. The molecular formula is C46H36BrMgN5O7. The Hall–Kier alpha value is -6.27. The normalized spacial score (nSPS) is 14.7. The van der Waals surface area contributed by atoms with Crippen molar-refractivity contribution >= 4 is 52.3 Å². The molecule has 0 spiro atoms. The summed E-state index contributed by atoms with van der Waals surface area (Å²) >= 11 is 0. The van der Waals surface area contributed by atoms with Crippen molar-refractivity contribution < 1.29 is 50.3 Å². The third kappa shape index (κ3) is 9.60. The molecule has 0 unspecified atom stereocenters. The van der Waals surface area contributed by atoms with Crippen LogP contribution in [0.15, 0.2) is 134 Å². The number of rotatable bonds is 8. The van der Waals surface area contributed by atoms with E-state index in [2.05, 4.69) is 26.7 Å². The first-order valence-corrected chi connectivity index (χ1v) is 18.6. The van der Waals surface area contributed by atoms with E-state index in [9.17, 15) is 14.4 Å². The van der Waals surface area contributed by atoms with Gasteiger partial charge in [0.1, 0.15) is 17.7 Å². The molecule has 12 nitrogen and oxygen atoms in total. The quantitative estimate of drug-likeness (QED) is 0.129. The molecule has 14 heteroatoms. The third-order valence-corrected chi connectivity index (χ3v) is 10.3. The van der Waals surface area contributed by atoms with Crippen molar-refractivity contribution in [2.75, 3.05) is 24.2 Å². The molecule has 0 radical (unpaired) electrons. The number of hydrogen-bond donors (Lipinski definition) is 2. The number of pyridine rings is 2. The first kappa shape index (κ1) is 43.3. The molecule has 4 heterocycles. The van der Waals surface area contributed by atoms with E-state index in [0.29, 0.717) is 51.3 Å². The van der Waals surface area contributed by atoms with Crippen LogP contribution in [0.25, 0.3) is 0 Å². The maximum atomic E-state index is 12.9. The van der Waals surface area contributed by atoms with Gasteiger partial charge in [-0.2, -0.15) is 41.7 Å². The van der Waals surface area contributed by atoms with E-state index in [1.54, 1.807) is 36.4 Å². The molecule has 4 aliphatic rings. The van der Waals surface area contributed by atoms with Crippen molar-refractivity contribution in [3.8, 4) is 29.1 Å². The fourth-order valence-electron chi connectivity index (χ4n) is 6.64. The maximum Gasteiger partial charge on any atom is 2.00 e. The summed E-state index contributed by atoms with van der Waals surface area (Å²) in [5, 5.41) is 14.5. The van der Waals surface area contributed by atoms with Crippen molar-refractivity contribution in [1.29, 1.82) is 5.26 Å². The van der Waals surface area contributed by atoms with Crippen LogP contribution in [0.3, 0.4) is 0 Å². The number of amides is 2. The van der Waals surface area contributed by atoms with Gasteiger partial charge in [0, 0.05) is 23.5 Å². The standard InChI is InChI=1S/C23H18N2O4.C17H13N3O3.C6H5.BrH.Mg/c26-21(15-4-2-1-3-5-15)16-6-9-20(24-13-16)25-22(27)23(10-11-23)17-7-8-18-19(12-17)29-14-28-18;18-8-11-1-4-15(19-9-11)20-16(21)17(5-6-17)12-2-3-13-14(7-12)23-10-22-13;1-2-4-6-5-3-1;;/h1-9,12-13H,10-11,14H2,(H,24,25,27);1-4,7,9H,5-6,10H2,(H,19,20,21);1-5H;1H;/q;;-1;;+2/p-1. The molecule has 6 aromatic rings. The Morgan fingerprint density at radius 1 is 0.600 bits per heavy atom. The predicted octanol–water partition coefficient (Wildman–Crippen LogP) is 4.17. The Morgan fingerprint density at radius 3 is 1.52 bits per heavy atom. The summed E-state index contributed by atoms with van der Waals surface area (Å²) < 4.78 is 21.5. The first-order chi connectivity index (χ1) is 28.4.